The summed E-state index contributed by atoms with van der Waals surface area (Å²) >= 11 is 2.01. The first-order valence-corrected chi connectivity index (χ1v) is 7.50. The van der Waals surface area contributed by atoms with Gasteiger partial charge in [0.25, 0.3) is 0 Å². The zero-order valence-corrected chi connectivity index (χ0v) is 11.0. The molecule has 3 N–H and O–H groups in total. The first-order valence-electron chi connectivity index (χ1n) is 6.35. The van der Waals surface area contributed by atoms with Crippen molar-refractivity contribution in [2.45, 2.75) is 45.1 Å². The van der Waals surface area contributed by atoms with Gasteiger partial charge in [0, 0.05) is 6.54 Å². The van der Waals surface area contributed by atoms with Crippen molar-refractivity contribution in [3.05, 3.63) is 0 Å². The van der Waals surface area contributed by atoms with Gasteiger partial charge in [0.2, 0.25) is 5.91 Å². The Hall–Kier alpha value is -0.220. The van der Waals surface area contributed by atoms with E-state index in [9.17, 15) is 4.79 Å². The van der Waals surface area contributed by atoms with Crippen molar-refractivity contribution in [2.75, 3.05) is 18.1 Å². The van der Waals surface area contributed by atoms with Crippen LogP contribution in [0, 0.1) is 5.92 Å². The van der Waals surface area contributed by atoms with Gasteiger partial charge in [0.1, 0.15) is 0 Å². The van der Waals surface area contributed by atoms with E-state index in [2.05, 4.69) is 12.2 Å². The molecule has 1 heterocycles. The molecular weight excluding hydrogens is 220 g/mol. The molecule has 4 heteroatoms. The number of nitrogens with one attached hydrogen (secondary N) is 1. The zero-order valence-electron chi connectivity index (χ0n) is 10.2. The van der Waals surface area contributed by atoms with E-state index in [1.807, 2.05) is 11.8 Å². The third-order valence-electron chi connectivity index (χ3n) is 3.11. The molecule has 0 aromatic rings. The molecule has 0 aromatic heterocycles. The molecule has 1 amide bonds. The van der Waals surface area contributed by atoms with E-state index >= 15 is 0 Å². The minimum absolute atomic E-state index is 0.0340. The molecule has 1 unspecified atom stereocenters. The number of thioether (sulfide) groups is 1. The van der Waals surface area contributed by atoms with Crippen LogP contribution in [-0.4, -0.2) is 30.0 Å². The second-order valence-electron chi connectivity index (χ2n) is 4.55. The van der Waals surface area contributed by atoms with Crippen molar-refractivity contribution in [1.29, 1.82) is 0 Å². The third-order valence-corrected chi connectivity index (χ3v) is 4.16. The van der Waals surface area contributed by atoms with Crippen LogP contribution in [0.5, 0.6) is 0 Å². The molecule has 1 saturated heterocycles. The Balaban J connectivity index is 2.12. The Kier molecular flexibility index (Phi) is 6.88. The van der Waals surface area contributed by atoms with Gasteiger partial charge in [-0.2, -0.15) is 11.8 Å². The summed E-state index contributed by atoms with van der Waals surface area (Å²) in [5.41, 5.74) is 5.80. The molecule has 1 aliphatic rings. The summed E-state index contributed by atoms with van der Waals surface area (Å²) in [6.07, 6.45) is 5.41. The van der Waals surface area contributed by atoms with Gasteiger partial charge in [-0.05, 0) is 36.7 Å². The van der Waals surface area contributed by atoms with Crippen LogP contribution < -0.4 is 11.1 Å². The molecule has 0 spiro atoms. The van der Waals surface area contributed by atoms with Crippen molar-refractivity contribution < 1.29 is 4.79 Å². The van der Waals surface area contributed by atoms with Gasteiger partial charge in [-0.15, -0.1) is 0 Å². The molecule has 1 atom stereocenters. The molecule has 3 nitrogen and oxygen atoms in total. The summed E-state index contributed by atoms with van der Waals surface area (Å²) in [6.45, 7) is 2.93. The van der Waals surface area contributed by atoms with Gasteiger partial charge in [0.05, 0.1) is 6.04 Å². The minimum atomic E-state index is -0.307. The summed E-state index contributed by atoms with van der Waals surface area (Å²) in [6, 6.07) is -0.307. The summed E-state index contributed by atoms with van der Waals surface area (Å²) in [4.78, 5) is 11.7. The van der Waals surface area contributed by atoms with Gasteiger partial charge < -0.3 is 11.1 Å². The molecule has 1 rings (SSSR count). The monoisotopic (exact) mass is 244 g/mol. The van der Waals surface area contributed by atoms with E-state index < -0.39 is 0 Å². The number of hydrogen-bond donors (Lipinski definition) is 2. The van der Waals surface area contributed by atoms with Gasteiger partial charge >= 0.3 is 0 Å². The molecule has 1 fully saturated rings. The SMILES string of the molecule is CCCCC(N)C(=O)NCC1CCSCC1. The van der Waals surface area contributed by atoms with Crippen molar-refractivity contribution in [1.82, 2.24) is 5.32 Å². The highest BCUT2D eigenvalue weighted by Crippen LogP contribution is 2.21. The first-order chi connectivity index (χ1) is 7.74. The second-order valence-corrected chi connectivity index (χ2v) is 5.77. The number of nitrogens with two attached hydrogens (primary N) is 1. The molecule has 0 bridgehead atoms. The second kappa shape index (κ2) is 7.96. The van der Waals surface area contributed by atoms with Crippen LogP contribution in [0.15, 0.2) is 0 Å². The van der Waals surface area contributed by atoms with Crippen molar-refractivity contribution in [2.24, 2.45) is 11.7 Å². The number of hydrogen-bond acceptors (Lipinski definition) is 3. The maximum Gasteiger partial charge on any atom is 0.236 e. The molecule has 0 radical (unpaired) electrons. The highest BCUT2D eigenvalue weighted by atomic mass is 32.2. The fourth-order valence-electron chi connectivity index (χ4n) is 1.88. The van der Waals surface area contributed by atoms with Crippen LogP contribution in [-0.2, 0) is 4.79 Å². The predicted molar refractivity (Wildman–Crippen MR) is 70.6 cm³/mol. The standard InChI is InChI=1S/C12H24N2OS/c1-2-3-4-11(13)12(15)14-9-10-5-7-16-8-6-10/h10-11H,2-9,13H2,1H3,(H,14,15). The molecule has 1 aliphatic heterocycles. The smallest absolute Gasteiger partial charge is 0.236 e. The van der Waals surface area contributed by atoms with Crippen molar-refractivity contribution in [3.8, 4) is 0 Å². The predicted octanol–water partition coefficient (Wildman–Crippen LogP) is 1.76. The Morgan fingerprint density at radius 1 is 1.50 bits per heavy atom. The number of carbonyl (C=O) groups excluding carboxylic acids is 1. The topological polar surface area (TPSA) is 55.1 Å². The van der Waals surface area contributed by atoms with Crippen LogP contribution in [0.25, 0.3) is 0 Å². The highest BCUT2D eigenvalue weighted by Gasteiger charge is 2.17. The van der Waals surface area contributed by atoms with Crippen LogP contribution in [0.2, 0.25) is 0 Å². The van der Waals surface area contributed by atoms with Crippen LogP contribution >= 0.6 is 11.8 Å². The average Bonchev–Trinajstić information content (AvgIpc) is 2.34. The van der Waals surface area contributed by atoms with Crippen molar-refractivity contribution >= 4 is 17.7 Å². The van der Waals surface area contributed by atoms with Crippen molar-refractivity contribution in [3.63, 3.8) is 0 Å². The Labute approximate surface area is 103 Å². The normalized spacial score (nSPS) is 19.4. The van der Waals surface area contributed by atoms with E-state index in [1.165, 1.54) is 24.3 Å². The summed E-state index contributed by atoms with van der Waals surface area (Å²) in [5.74, 6) is 3.18. The van der Waals surface area contributed by atoms with E-state index in [-0.39, 0.29) is 11.9 Å². The lowest BCUT2D eigenvalue weighted by molar-refractivity contribution is -0.122. The lowest BCUT2D eigenvalue weighted by Gasteiger charge is -2.22. The number of amides is 1. The molecule has 94 valence electrons. The van der Waals surface area contributed by atoms with E-state index in [0.29, 0.717) is 5.92 Å². The third kappa shape index (κ3) is 5.21. The van der Waals surface area contributed by atoms with Gasteiger partial charge in [0.15, 0.2) is 0 Å². The van der Waals surface area contributed by atoms with E-state index in [1.54, 1.807) is 0 Å². The zero-order chi connectivity index (χ0) is 11.8. The van der Waals surface area contributed by atoms with E-state index in [0.717, 1.165) is 25.8 Å². The largest absolute Gasteiger partial charge is 0.354 e. The van der Waals surface area contributed by atoms with Crippen LogP contribution in [0.1, 0.15) is 39.0 Å². The highest BCUT2D eigenvalue weighted by molar-refractivity contribution is 7.99. The average molecular weight is 244 g/mol. The Morgan fingerprint density at radius 2 is 2.19 bits per heavy atom. The summed E-state index contributed by atoms with van der Waals surface area (Å²) < 4.78 is 0. The minimum Gasteiger partial charge on any atom is -0.354 e. The first kappa shape index (κ1) is 13.8. The van der Waals surface area contributed by atoms with Gasteiger partial charge in [-0.3, -0.25) is 4.79 Å². The number of rotatable bonds is 6. The molecule has 16 heavy (non-hydrogen) atoms. The number of unbranched alkanes of at least 4 members (excludes halogenated alkanes) is 1. The Morgan fingerprint density at radius 3 is 2.81 bits per heavy atom. The molecule has 0 aromatic carbocycles. The van der Waals surface area contributed by atoms with Crippen LogP contribution in [0.4, 0.5) is 0 Å². The molecular formula is C12H24N2OS. The van der Waals surface area contributed by atoms with Gasteiger partial charge in [-0.1, -0.05) is 19.8 Å². The fraction of sp³-hybridized carbons (Fsp3) is 0.917. The quantitative estimate of drug-likeness (QED) is 0.748. The molecule has 0 saturated carbocycles. The Bertz CT molecular complexity index is 205. The summed E-state index contributed by atoms with van der Waals surface area (Å²) in [5, 5.41) is 2.99. The maximum absolute atomic E-state index is 11.7. The van der Waals surface area contributed by atoms with Crippen LogP contribution in [0.3, 0.4) is 0 Å². The lowest BCUT2D eigenvalue weighted by Crippen LogP contribution is -2.42. The maximum atomic E-state index is 11.7. The summed E-state index contributed by atoms with van der Waals surface area (Å²) in [7, 11) is 0. The number of carbonyl (C=O) groups is 1. The van der Waals surface area contributed by atoms with E-state index in [4.69, 9.17) is 5.73 Å². The molecule has 0 aliphatic carbocycles. The fourth-order valence-corrected chi connectivity index (χ4v) is 3.09. The van der Waals surface area contributed by atoms with Gasteiger partial charge in [-0.25, -0.2) is 0 Å². The lowest BCUT2D eigenvalue weighted by atomic mass is 10.0.